The third-order valence-electron chi connectivity index (χ3n) is 2.63. The zero-order valence-corrected chi connectivity index (χ0v) is 10.5. The molecule has 0 aliphatic rings. The molecular weight excluding hydrogens is 233 g/mol. The van der Waals surface area contributed by atoms with Gasteiger partial charge in [0, 0.05) is 18.7 Å². The second kappa shape index (κ2) is 6.01. The summed E-state index contributed by atoms with van der Waals surface area (Å²) < 4.78 is 13.0. The number of rotatable bonds is 4. The molecule has 1 aromatic rings. The van der Waals surface area contributed by atoms with Crippen molar-refractivity contribution in [2.45, 2.75) is 13.8 Å². The van der Waals surface area contributed by atoms with Crippen LogP contribution in [0.5, 0.6) is 0 Å². The first-order chi connectivity index (χ1) is 8.49. The molecule has 0 heterocycles. The van der Waals surface area contributed by atoms with Crippen molar-refractivity contribution in [2.24, 2.45) is 5.92 Å². The molecule has 1 aromatic carbocycles. The minimum absolute atomic E-state index is 0.0507. The van der Waals surface area contributed by atoms with E-state index >= 15 is 0 Å². The Hall–Kier alpha value is -2.09. The van der Waals surface area contributed by atoms with Gasteiger partial charge >= 0.3 is 0 Å². The van der Waals surface area contributed by atoms with Crippen molar-refractivity contribution >= 4 is 11.6 Å². The van der Waals surface area contributed by atoms with Gasteiger partial charge in [-0.2, -0.15) is 5.26 Å². The molecular formula is C13H16FN3O. The Balaban J connectivity index is 2.90. The van der Waals surface area contributed by atoms with E-state index in [0.717, 1.165) is 0 Å². The van der Waals surface area contributed by atoms with Crippen LogP contribution in [0, 0.1) is 23.1 Å². The van der Waals surface area contributed by atoms with Crippen molar-refractivity contribution in [1.82, 2.24) is 4.90 Å². The largest absolute Gasteiger partial charge is 0.396 e. The molecule has 1 amide bonds. The summed E-state index contributed by atoms with van der Waals surface area (Å²) in [4.78, 5) is 13.7. The zero-order valence-electron chi connectivity index (χ0n) is 10.5. The van der Waals surface area contributed by atoms with Crippen molar-refractivity contribution < 1.29 is 9.18 Å². The monoisotopic (exact) mass is 249 g/mol. The molecule has 0 saturated carbocycles. The van der Waals surface area contributed by atoms with Gasteiger partial charge in [0.15, 0.2) is 0 Å². The first-order valence-electron chi connectivity index (χ1n) is 5.73. The van der Waals surface area contributed by atoms with E-state index in [1.165, 1.54) is 18.2 Å². The molecule has 1 rings (SSSR count). The van der Waals surface area contributed by atoms with E-state index in [2.05, 4.69) is 6.07 Å². The molecule has 1 atom stereocenters. The fourth-order valence-corrected chi connectivity index (χ4v) is 1.59. The van der Waals surface area contributed by atoms with Gasteiger partial charge in [-0.25, -0.2) is 4.39 Å². The van der Waals surface area contributed by atoms with E-state index in [9.17, 15) is 9.18 Å². The van der Waals surface area contributed by atoms with E-state index in [1.807, 2.05) is 6.92 Å². The van der Waals surface area contributed by atoms with Crippen molar-refractivity contribution in [1.29, 1.82) is 5.26 Å². The predicted octanol–water partition coefficient (Wildman–Crippen LogP) is 2.03. The summed E-state index contributed by atoms with van der Waals surface area (Å²) >= 11 is 0. The molecule has 0 bridgehead atoms. The summed E-state index contributed by atoms with van der Waals surface area (Å²) in [6.45, 7) is 4.41. The lowest BCUT2D eigenvalue weighted by molar-refractivity contribution is 0.0752. The highest BCUT2D eigenvalue weighted by molar-refractivity contribution is 5.95. The predicted molar refractivity (Wildman–Crippen MR) is 67.2 cm³/mol. The van der Waals surface area contributed by atoms with Crippen molar-refractivity contribution in [3.8, 4) is 6.07 Å². The first-order valence-corrected chi connectivity index (χ1v) is 5.73. The minimum Gasteiger partial charge on any atom is -0.396 e. The van der Waals surface area contributed by atoms with Crippen LogP contribution in [0.1, 0.15) is 24.2 Å². The van der Waals surface area contributed by atoms with Gasteiger partial charge < -0.3 is 10.6 Å². The Kier molecular flexibility index (Phi) is 4.67. The number of nitrogens with zero attached hydrogens (tertiary/aromatic N) is 2. The van der Waals surface area contributed by atoms with Gasteiger partial charge in [-0.05, 0) is 32.0 Å². The molecule has 0 radical (unpaired) electrons. The molecule has 96 valence electrons. The number of hydrogen-bond acceptors (Lipinski definition) is 3. The average Bonchev–Trinajstić information content (AvgIpc) is 2.38. The third-order valence-corrected chi connectivity index (χ3v) is 2.63. The normalized spacial score (nSPS) is 11.7. The molecule has 18 heavy (non-hydrogen) atoms. The SMILES string of the molecule is CCN(CC(C)C#N)C(=O)c1ccc(F)c(N)c1. The standard InChI is InChI=1S/C13H16FN3O/c1-3-17(8-9(2)7-15)13(18)10-4-5-11(14)12(16)6-10/h4-6,9H,3,8,16H2,1-2H3. The first kappa shape index (κ1) is 14.0. The van der Waals surface area contributed by atoms with Crippen LogP contribution in [-0.4, -0.2) is 23.9 Å². The fraction of sp³-hybridized carbons (Fsp3) is 0.385. The van der Waals surface area contributed by atoms with Crippen molar-refractivity contribution in [2.75, 3.05) is 18.8 Å². The van der Waals surface area contributed by atoms with Crippen LogP contribution in [-0.2, 0) is 0 Å². The Labute approximate surface area is 106 Å². The van der Waals surface area contributed by atoms with E-state index < -0.39 is 5.82 Å². The van der Waals surface area contributed by atoms with E-state index in [-0.39, 0.29) is 17.5 Å². The molecule has 0 spiro atoms. The highest BCUT2D eigenvalue weighted by atomic mass is 19.1. The lowest BCUT2D eigenvalue weighted by Gasteiger charge is -2.22. The summed E-state index contributed by atoms with van der Waals surface area (Å²) in [6, 6.07) is 5.96. The quantitative estimate of drug-likeness (QED) is 0.830. The minimum atomic E-state index is -0.542. The number of nitrogens with two attached hydrogens (primary N) is 1. The van der Waals surface area contributed by atoms with E-state index in [0.29, 0.717) is 18.7 Å². The van der Waals surface area contributed by atoms with Crippen LogP contribution in [0.2, 0.25) is 0 Å². The number of halogens is 1. The molecule has 0 aliphatic heterocycles. The van der Waals surface area contributed by atoms with Gasteiger partial charge in [-0.3, -0.25) is 4.79 Å². The zero-order chi connectivity index (χ0) is 13.7. The molecule has 0 fully saturated rings. The topological polar surface area (TPSA) is 70.1 Å². The molecule has 5 heteroatoms. The van der Waals surface area contributed by atoms with Gasteiger partial charge in [-0.1, -0.05) is 0 Å². The number of benzene rings is 1. The number of nitriles is 1. The second-order valence-corrected chi connectivity index (χ2v) is 4.11. The second-order valence-electron chi connectivity index (χ2n) is 4.11. The number of carbonyl (C=O) groups is 1. The number of nitrogen functional groups attached to an aromatic ring is 1. The molecule has 0 aliphatic carbocycles. The molecule has 2 N–H and O–H groups in total. The average molecular weight is 249 g/mol. The van der Waals surface area contributed by atoms with Crippen molar-refractivity contribution in [3.05, 3.63) is 29.6 Å². The van der Waals surface area contributed by atoms with E-state index in [4.69, 9.17) is 11.0 Å². The van der Waals surface area contributed by atoms with Gasteiger partial charge in [-0.15, -0.1) is 0 Å². The molecule has 1 unspecified atom stereocenters. The number of carbonyl (C=O) groups excluding carboxylic acids is 1. The number of anilines is 1. The van der Waals surface area contributed by atoms with E-state index in [1.54, 1.807) is 11.8 Å². The lowest BCUT2D eigenvalue weighted by Crippen LogP contribution is -2.34. The summed E-state index contributed by atoms with van der Waals surface area (Å²) in [5.74, 6) is -1.03. The molecule has 0 aromatic heterocycles. The summed E-state index contributed by atoms with van der Waals surface area (Å²) in [6.07, 6.45) is 0. The van der Waals surface area contributed by atoms with Crippen LogP contribution in [0.4, 0.5) is 10.1 Å². The molecule has 0 saturated heterocycles. The van der Waals surface area contributed by atoms with Crippen LogP contribution < -0.4 is 5.73 Å². The Morgan fingerprint density at radius 1 is 1.61 bits per heavy atom. The number of amides is 1. The van der Waals surface area contributed by atoms with Crippen LogP contribution in [0.25, 0.3) is 0 Å². The summed E-state index contributed by atoms with van der Waals surface area (Å²) in [5, 5.41) is 8.75. The van der Waals surface area contributed by atoms with Gasteiger partial charge in [0.2, 0.25) is 0 Å². The molecule has 4 nitrogen and oxygen atoms in total. The highest BCUT2D eigenvalue weighted by Crippen LogP contribution is 2.14. The smallest absolute Gasteiger partial charge is 0.253 e. The summed E-state index contributed by atoms with van der Waals surface area (Å²) in [5.41, 5.74) is 5.71. The summed E-state index contributed by atoms with van der Waals surface area (Å²) in [7, 11) is 0. The van der Waals surface area contributed by atoms with Gasteiger partial charge in [0.1, 0.15) is 5.82 Å². The maximum atomic E-state index is 13.0. The maximum absolute atomic E-state index is 13.0. The fourth-order valence-electron chi connectivity index (χ4n) is 1.59. The maximum Gasteiger partial charge on any atom is 0.253 e. The Morgan fingerprint density at radius 3 is 2.78 bits per heavy atom. The van der Waals surface area contributed by atoms with Gasteiger partial charge in [0.25, 0.3) is 5.91 Å². The van der Waals surface area contributed by atoms with Crippen LogP contribution in [0.15, 0.2) is 18.2 Å². The highest BCUT2D eigenvalue weighted by Gasteiger charge is 2.17. The van der Waals surface area contributed by atoms with Crippen LogP contribution in [0.3, 0.4) is 0 Å². The third kappa shape index (κ3) is 3.20. The number of hydrogen-bond donors (Lipinski definition) is 1. The van der Waals surface area contributed by atoms with Crippen LogP contribution >= 0.6 is 0 Å². The van der Waals surface area contributed by atoms with Crippen molar-refractivity contribution in [3.63, 3.8) is 0 Å². The Bertz CT molecular complexity index is 482. The Morgan fingerprint density at radius 2 is 2.28 bits per heavy atom. The van der Waals surface area contributed by atoms with Gasteiger partial charge in [0.05, 0.1) is 17.7 Å². The lowest BCUT2D eigenvalue weighted by atomic mass is 10.1.